The third kappa shape index (κ3) is 8.62. The van der Waals surface area contributed by atoms with E-state index in [0.717, 1.165) is 68.3 Å². The Morgan fingerprint density at radius 2 is 2.12 bits per heavy atom. The predicted octanol–water partition coefficient (Wildman–Crippen LogP) is 3.29. The van der Waals surface area contributed by atoms with Gasteiger partial charge < -0.3 is 15.4 Å². The SMILES string of the molecule is CCNC(=NCCCOCC1CC1)NCCc1sc(C)nc1C.I. The fourth-order valence-corrected chi connectivity index (χ4v) is 3.27. The van der Waals surface area contributed by atoms with Gasteiger partial charge in [0.1, 0.15) is 0 Å². The third-order valence-electron chi connectivity index (χ3n) is 3.76. The maximum absolute atomic E-state index is 5.64. The van der Waals surface area contributed by atoms with Gasteiger partial charge in [0.25, 0.3) is 0 Å². The minimum Gasteiger partial charge on any atom is -0.381 e. The molecule has 1 saturated carbocycles. The lowest BCUT2D eigenvalue weighted by Gasteiger charge is -2.11. The second-order valence-corrected chi connectivity index (χ2v) is 7.34. The Kier molecular flexibility index (Phi) is 10.8. The van der Waals surface area contributed by atoms with Crippen molar-refractivity contribution in [2.24, 2.45) is 10.9 Å². The van der Waals surface area contributed by atoms with E-state index in [2.05, 4.69) is 41.4 Å². The van der Waals surface area contributed by atoms with E-state index in [9.17, 15) is 0 Å². The Bertz CT molecular complexity index is 503. The second-order valence-electron chi connectivity index (χ2n) is 6.05. The molecule has 0 radical (unpaired) electrons. The number of aliphatic imine (C=N–C) groups is 1. The van der Waals surface area contributed by atoms with E-state index in [0.29, 0.717) is 0 Å². The van der Waals surface area contributed by atoms with Crippen molar-refractivity contribution in [2.75, 3.05) is 32.8 Å². The highest BCUT2D eigenvalue weighted by molar-refractivity contribution is 14.0. The number of rotatable bonds is 10. The van der Waals surface area contributed by atoms with Gasteiger partial charge in [0.2, 0.25) is 0 Å². The highest BCUT2D eigenvalue weighted by atomic mass is 127. The topological polar surface area (TPSA) is 58.5 Å². The van der Waals surface area contributed by atoms with Crippen molar-refractivity contribution >= 4 is 41.3 Å². The Morgan fingerprint density at radius 1 is 1.33 bits per heavy atom. The number of aryl methyl sites for hydroxylation is 2. The average Bonchev–Trinajstić information content (AvgIpc) is 3.28. The number of hydrogen-bond acceptors (Lipinski definition) is 4. The lowest BCUT2D eigenvalue weighted by molar-refractivity contribution is 0.123. The minimum atomic E-state index is 0. The van der Waals surface area contributed by atoms with Crippen LogP contribution in [0.15, 0.2) is 4.99 Å². The van der Waals surface area contributed by atoms with E-state index in [1.54, 1.807) is 11.3 Å². The van der Waals surface area contributed by atoms with Gasteiger partial charge in [-0.1, -0.05) is 0 Å². The number of guanidine groups is 1. The summed E-state index contributed by atoms with van der Waals surface area (Å²) in [5, 5.41) is 7.84. The van der Waals surface area contributed by atoms with Crippen LogP contribution in [0.3, 0.4) is 0 Å². The summed E-state index contributed by atoms with van der Waals surface area (Å²) in [6, 6.07) is 0. The van der Waals surface area contributed by atoms with Crippen LogP contribution >= 0.6 is 35.3 Å². The molecule has 1 aromatic rings. The summed E-state index contributed by atoms with van der Waals surface area (Å²) >= 11 is 1.79. The summed E-state index contributed by atoms with van der Waals surface area (Å²) in [7, 11) is 0. The molecule has 7 heteroatoms. The summed E-state index contributed by atoms with van der Waals surface area (Å²) in [5.41, 5.74) is 1.16. The molecule has 2 N–H and O–H groups in total. The first-order valence-corrected chi connectivity index (χ1v) is 9.53. The Balaban J connectivity index is 0.00000288. The van der Waals surface area contributed by atoms with Gasteiger partial charge in [-0.15, -0.1) is 35.3 Å². The molecular formula is C17H31IN4OS. The highest BCUT2D eigenvalue weighted by Crippen LogP contribution is 2.28. The molecule has 0 unspecified atom stereocenters. The normalized spacial score (nSPS) is 14.4. The predicted molar refractivity (Wildman–Crippen MR) is 113 cm³/mol. The number of thiazole rings is 1. The van der Waals surface area contributed by atoms with Crippen molar-refractivity contribution in [1.82, 2.24) is 15.6 Å². The van der Waals surface area contributed by atoms with Crippen molar-refractivity contribution in [3.63, 3.8) is 0 Å². The first-order chi connectivity index (χ1) is 11.2. The molecule has 138 valence electrons. The van der Waals surface area contributed by atoms with Gasteiger partial charge in [0.05, 0.1) is 10.7 Å². The van der Waals surface area contributed by atoms with Gasteiger partial charge in [0.15, 0.2) is 5.96 Å². The molecule has 1 aliphatic rings. The van der Waals surface area contributed by atoms with Gasteiger partial charge >= 0.3 is 0 Å². The van der Waals surface area contributed by atoms with Crippen molar-refractivity contribution < 1.29 is 4.74 Å². The van der Waals surface area contributed by atoms with Crippen molar-refractivity contribution in [3.05, 3.63) is 15.6 Å². The van der Waals surface area contributed by atoms with Crippen LogP contribution in [0.2, 0.25) is 0 Å². The average molecular weight is 466 g/mol. The highest BCUT2D eigenvalue weighted by Gasteiger charge is 2.20. The summed E-state index contributed by atoms with van der Waals surface area (Å²) in [6.45, 7) is 10.6. The largest absolute Gasteiger partial charge is 0.381 e. The standard InChI is InChI=1S/C17H30N4OS.HI/c1-4-18-17(19-9-5-11-22-12-15-6-7-15)20-10-8-16-13(2)21-14(3)23-16;/h15H,4-12H2,1-3H3,(H2,18,19,20);1H. The molecule has 0 aliphatic heterocycles. The molecule has 1 aromatic heterocycles. The van der Waals surface area contributed by atoms with E-state index >= 15 is 0 Å². The molecule has 0 atom stereocenters. The summed E-state index contributed by atoms with van der Waals surface area (Å²) in [6.07, 6.45) is 4.68. The molecule has 0 saturated heterocycles. The molecule has 5 nitrogen and oxygen atoms in total. The Morgan fingerprint density at radius 3 is 2.75 bits per heavy atom. The minimum absolute atomic E-state index is 0. The number of hydrogen-bond donors (Lipinski definition) is 2. The zero-order valence-electron chi connectivity index (χ0n) is 15.1. The maximum Gasteiger partial charge on any atom is 0.191 e. The van der Waals surface area contributed by atoms with Gasteiger partial charge in [-0.3, -0.25) is 4.99 Å². The van der Waals surface area contributed by atoms with Crippen LogP contribution in [-0.4, -0.2) is 43.8 Å². The molecule has 24 heavy (non-hydrogen) atoms. The van der Waals surface area contributed by atoms with E-state index in [1.165, 1.54) is 17.7 Å². The van der Waals surface area contributed by atoms with Crippen LogP contribution in [0.5, 0.6) is 0 Å². The zero-order valence-corrected chi connectivity index (χ0v) is 18.2. The second kappa shape index (κ2) is 12.0. The first kappa shape index (κ1) is 21.6. The van der Waals surface area contributed by atoms with E-state index in [1.807, 2.05) is 0 Å². The maximum atomic E-state index is 5.64. The van der Waals surface area contributed by atoms with Crippen molar-refractivity contribution in [3.8, 4) is 0 Å². The molecule has 1 heterocycles. The quantitative estimate of drug-likeness (QED) is 0.241. The van der Waals surface area contributed by atoms with Crippen LogP contribution < -0.4 is 10.6 Å². The smallest absolute Gasteiger partial charge is 0.191 e. The lowest BCUT2D eigenvalue weighted by atomic mass is 10.3. The first-order valence-electron chi connectivity index (χ1n) is 8.72. The van der Waals surface area contributed by atoms with E-state index < -0.39 is 0 Å². The van der Waals surface area contributed by atoms with Crippen molar-refractivity contribution in [1.29, 1.82) is 0 Å². The number of ether oxygens (including phenoxy) is 1. The van der Waals surface area contributed by atoms with Gasteiger partial charge in [-0.25, -0.2) is 4.98 Å². The van der Waals surface area contributed by atoms with Crippen LogP contribution in [-0.2, 0) is 11.2 Å². The Hall–Kier alpha value is -0.410. The summed E-state index contributed by atoms with van der Waals surface area (Å²) in [5.74, 6) is 1.74. The molecule has 2 rings (SSSR count). The van der Waals surface area contributed by atoms with E-state index in [4.69, 9.17) is 4.74 Å². The number of halogens is 1. The van der Waals surface area contributed by atoms with Gasteiger partial charge in [0, 0.05) is 44.1 Å². The molecule has 0 bridgehead atoms. The van der Waals surface area contributed by atoms with Crippen LogP contribution in [0, 0.1) is 19.8 Å². The fraction of sp³-hybridized carbons (Fsp3) is 0.765. The summed E-state index contributed by atoms with van der Waals surface area (Å²) in [4.78, 5) is 10.4. The zero-order chi connectivity index (χ0) is 16.5. The fourth-order valence-electron chi connectivity index (χ4n) is 2.33. The van der Waals surface area contributed by atoms with Crippen LogP contribution in [0.1, 0.15) is 41.8 Å². The van der Waals surface area contributed by atoms with Crippen LogP contribution in [0.4, 0.5) is 0 Å². The molecule has 0 amide bonds. The molecule has 0 aromatic carbocycles. The van der Waals surface area contributed by atoms with Crippen molar-refractivity contribution in [2.45, 2.75) is 46.5 Å². The molecule has 1 aliphatic carbocycles. The third-order valence-corrected chi connectivity index (χ3v) is 4.89. The monoisotopic (exact) mass is 466 g/mol. The van der Waals surface area contributed by atoms with E-state index in [-0.39, 0.29) is 24.0 Å². The number of aromatic nitrogens is 1. The van der Waals surface area contributed by atoms with Gasteiger partial charge in [-0.05, 0) is 46.0 Å². The Labute approximate surface area is 167 Å². The summed E-state index contributed by atoms with van der Waals surface area (Å²) < 4.78 is 5.64. The van der Waals surface area contributed by atoms with Crippen LogP contribution in [0.25, 0.3) is 0 Å². The molecule has 1 fully saturated rings. The number of nitrogens with one attached hydrogen (secondary N) is 2. The molecule has 0 spiro atoms. The number of nitrogens with zero attached hydrogens (tertiary/aromatic N) is 2. The van der Waals surface area contributed by atoms with Gasteiger partial charge in [-0.2, -0.15) is 0 Å². The lowest BCUT2D eigenvalue weighted by Crippen LogP contribution is -2.38. The molecular weight excluding hydrogens is 435 g/mol.